The number of rotatable bonds is 13. The Hall–Kier alpha value is -13.3. The van der Waals surface area contributed by atoms with Gasteiger partial charge in [-0.15, -0.1) is 0 Å². The number of furan rings is 4. The van der Waals surface area contributed by atoms with Gasteiger partial charge >= 0.3 is 23.3 Å². The van der Waals surface area contributed by atoms with Gasteiger partial charge in [-0.25, -0.2) is 13.2 Å². The van der Waals surface area contributed by atoms with Gasteiger partial charge < -0.3 is 76.0 Å². The molecule has 144 heavy (non-hydrogen) atoms. The molecule has 18 nitrogen and oxygen atoms in total. The van der Waals surface area contributed by atoms with Crippen molar-refractivity contribution in [3.05, 3.63) is 368 Å². The van der Waals surface area contributed by atoms with Crippen LogP contribution in [-0.2, 0) is 10.1 Å². The standard InChI is InChI=1S/C18H11BO.C18H11ClO.C14H12ClFO2.C13H6ClF3O4S.C12H8ClFO2.C12H7ClO2.C8H10BO4.C6H3BrClF.C6H14O2.3CH4/c2*19-13-9-10-15-17(11-13)20-16-8-4-7-14(18(15)16)12-5-2-1-3-6-12;1-17-12-4-3-5-13(18-2)14(12)10-7-6-9(15)8-11(10)16;14-7-4-5-8-11(6-7)20-9-2-1-3-10(12(8)9)21-22(18,19)13(15,16)17;13-7-4-5-8(9(14)6-7)12-10(15)2-1-3-11(12)16;13-7-4-5-8-11(6-7)15-10-3-1-2-9(14)12(8)10;1-11-6-4-3-5-7(12-2)8(6)13-9-10;7-5-2-1-4(8)3-6(5)9;1-5(2,7)6(3,4)8;;;/h2*1-11H;3-8H,1-2H3;1-6H;1-6,15-16H;1-6,14H;3-5,10H,1-2H3;1-3H;7-8H,1-4H3;3*1H4. The van der Waals surface area contributed by atoms with Crippen LogP contribution in [0.15, 0.2) is 338 Å². The SMILES string of the molecule is C.C.C.CC(C)(O)C(C)(C)O.COc1cccc(OC)c1-c1ccc(Cl)cc1F.COc1cccc(OC)c1O[B]O.Clc1ccc2c(c1)oc1cccc(-c3ccccc3)c12.Fc1cc(Cl)ccc1Br.O=S(=O)(Oc1cccc2oc3cc(Cl)ccc3c12)C(F)(F)F.Oc1cccc(O)c1-c1ccc(Cl)cc1F.Oc1cccc2oc3cc(Cl)ccc3c12.[B]c1ccc2c(c1)oc1cccc(-c3ccccc3)c12. The molecule has 0 saturated heterocycles. The van der Waals surface area contributed by atoms with Crippen molar-refractivity contribution in [2.24, 2.45) is 0 Å². The number of phenolic OH excluding ortho intramolecular Hbond substituents is 3. The number of hydrogen-bond acceptors (Lipinski definition) is 18. The largest absolute Gasteiger partial charge is 0.569 e. The Morgan fingerprint density at radius 2 is 0.667 bits per heavy atom. The summed E-state index contributed by atoms with van der Waals surface area (Å²) in [4.78, 5) is 0. The quantitative estimate of drug-likeness (QED) is 0.0206. The first kappa shape index (κ1) is 114. The van der Waals surface area contributed by atoms with E-state index in [4.69, 9.17) is 134 Å². The minimum Gasteiger partial charge on any atom is -0.532 e. The van der Waals surface area contributed by atoms with Gasteiger partial charge in [-0.2, -0.15) is 21.6 Å². The number of methoxy groups -OCH3 is 4. The van der Waals surface area contributed by atoms with Gasteiger partial charge in [-0.1, -0.05) is 225 Å². The third kappa shape index (κ3) is 28.0. The fourth-order valence-corrected chi connectivity index (χ4v) is 15.6. The summed E-state index contributed by atoms with van der Waals surface area (Å²) in [6.07, 6.45) is 0. The van der Waals surface area contributed by atoms with Gasteiger partial charge in [0.2, 0.25) is 0 Å². The van der Waals surface area contributed by atoms with Gasteiger partial charge in [0.1, 0.15) is 98.7 Å². The number of aromatic hydroxyl groups is 3. The van der Waals surface area contributed by atoms with Crippen LogP contribution >= 0.6 is 85.5 Å². The second kappa shape index (κ2) is 50.8. The molecule has 20 rings (SSSR count). The normalized spacial score (nSPS) is 10.9. The summed E-state index contributed by atoms with van der Waals surface area (Å²) < 4.78 is 153. The fraction of sp³-hybridized carbons (Fsp3) is 0.127. The number of ether oxygens (including phenoxy) is 4. The van der Waals surface area contributed by atoms with Crippen LogP contribution in [0.1, 0.15) is 50.0 Å². The number of phenols is 3. The Morgan fingerprint density at radius 1 is 0.347 bits per heavy atom. The highest BCUT2D eigenvalue weighted by molar-refractivity contribution is 9.10. The zero-order chi connectivity index (χ0) is 102. The zero-order valence-electron chi connectivity index (χ0n) is 75.6. The van der Waals surface area contributed by atoms with E-state index in [1.54, 1.807) is 113 Å². The van der Waals surface area contributed by atoms with Gasteiger partial charge in [0.15, 0.2) is 23.0 Å². The fourth-order valence-electron chi connectivity index (χ4n) is 13.9. The zero-order valence-corrected chi connectivity index (χ0v) is 82.5. The molecule has 0 aliphatic carbocycles. The summed E-state index contributed by atoms with van der Waals surface area (Å²) in [5, 5.41) is 65.0. The third-order valence-corrected chi connectivity index (χ3v) is 24.3. The molecule has 6 N–H and O–H groups in total. The van der Waals surface area contributed by atoms with Crippen molar-refractivity contribution in [3.8, 4) is 96.3 Å². The van der Waals surface area contributed by atoms with Gasteiger partial charge in [-0.05, 0) is 236 Å². The van der Waals surface area contributed by atoms with Gasteiger partial charge in [-0.3, -0.25) is 0 Å². The van der Waals surface area contributed by atoms with Gasteiger partial charge in [0.25, 0.3) is 0 Å². The molecule has 0 unspecified atom stereocenters. The number of alkyl halides is 3. The molecule has 4 heterocycles. The number of aliphatic hydroxyl groups is 2. The van der Waals surface area contributed by atoms with Gasteiger partial charge in [0, 0.05) is 91.8 Å². The Balaban J connectivity index is 0.000000182. The predicted octanol–water partition coefficient (Wildman–Crippen LogP) is 32.4. The number of halogens is 13. The number of para-hydroxylation sites is 1. The Morgan fingerprint density at radius 3 is 1.06 bits per heavy atom. The monoisotopic (exact) mass is 2160 g/mol. The molecular formula is C110H94B2BrCl6F6O18S. The Kier molecular flexibility index (Phi) is 40.3. The molecular weight excluding hydrogens is 2070 g/mol. The molecule has 0 atom stereocenters. The van der Waals surface area contributed by atoms with E-state index in [0.29, 0.717) is 99.3 Å². The maximum Gasteiger partial charge on any atom is 0.569 e. The van der Waals surface area contributed by atoms with Crippen LogP contribution in [0.3, 0.4) is 0 Å². The molecule has 0 amide bonds. The molecule has 34 heteroatoms. The first-order valence-electron chi connectivity index (χ1n) is 42.0. The lowest BCUT2D eigenvalue weighted by atomic mass is 9.90. The van der Waals surface area contributed by atoms with Crippen LogP contribution in [0.25, 0.3) is 132 Å². The summed E-state index contributed by atoms with van der Waals surface area (Å²) in [7, 11) is 6.75. The van der Waals surface area contributed by atoms with Crippen molar-refractivity contribution in [3.63, 3.8) is 0 Å². The van der Waals surface area contributed by atoms with Crippen LogP contribution in [-0.4, -0.2) is 99.7 Å². The van der Waals surface area contributed by atoms with Crippen molar-refractivity contribution < 1.29 is 111 Å². The minimum absolute atomic E-state index is 0. The maximum absolute atomic E-state index is 14.0. The molecule has 0 aliphatic rings. The minimum atomic E-state index is -5.76. The highest BCUT2D eigenvalue weighted by Gasteiger charge is 2.49. The van der Waals surface area contributed by atoms with E-state index in [1.807, 2.05) is 97.1 Å². The van der Waals surface area contributed by atoms with E-state index in [0.717, 1.165) is 72.2 Å². The topological polar surface area (TPSA) is 263 Å². The van der Waals surface area contributed by atoms with Crippen LogP contribution in [0.5, 0.6) is 51.7 Å². The molecule has 4 aromatic heterocycles. The second-order valence-electron chi connectivity index (χ2n) is 31.3. The number of benzene rings is 16. The first-order chi connectivity index (χ1) is 67.1. The lowest BCUT2D eigenvalue weighted by Gasteiger charge is -2.31. The summed E-state index contributed by atoms with van der Waals surface area (Å²) in [5.74, 6) is 0.541. The lowest BCUT2D eigenvalue weighted by molar-refractivity contribution is -0.107. The maximum atomic E-state index is 14.0. The van der Waals surface area contributed by atoms with Crippen molar-refractivity contribution in [1.82, 2.24) is 0 Å². The van der Waals surface area contributed by atoms with E-state index in [-0.39, 0.29) is 72.5 Å². The van der Waals surface area contributed by atoms with Crippen LogP contribution < -0.4 is 33.2 Å². The average molecular weight is 2160 g/mol. The van der Waals surface area contributed by atoms with E-state index < -0.39 is 44.2 Å². The molecule has 20 aromatic rings. The van der Waals surface area contributed by atoms with E-state index in [2.05, 4.69) is 68.6 Å². The lowest BCUT2D eigenvalue weighted by Crippen LogP contribution is -2.44. The van der Waals surface area contributed by atoms with Crippen LogP contribution in [0.4, 0.5) is 26.3 Å². The summed E-state index contributed by atoms with van der Waals surface area (Å²) in [5.41, 5.74) is 4.41. The van der Waals surface area contributed by atoms with Crippen molar-refractivity contribution in [1.29, 1.82) is 0 Å². The van der Waals surface area contributed by atoms with Crippen molar-refractivity contribution >= 4 is 204 Å². The van der Waals surface area contributed by atoms with Crippen LogP contribution in [0, 0.1) is 17.5 Å². The molecule has 0 bridgehead atoms. The molecule has 0 spiro atoms. The summed E-state index contributed by atoms with van der Waals surface area (Å²) in [6, 6.07) is 91.3. The number of fused-ring (bicyclic) bond motifs is 12. The molecule has 3 radical (unpaired) electrons. The average Bonchev–Trinajstić information content (AvgIpc) is 1.62. The third-order valence-electron chi connectivity index (χ3n) is 21.3. The highest BCUT2D eigenvalue weighted by atomic mass is 79.9. The van der Waals surface area contributed by atoms with E-state index >= 15 is 0 Å². The smallest absolute Gasteiger partial charge is 0.532 e. The number of hydrogen-bond donors (Lipinski definition) is 6. The van der Waals surface area contributed by atoms with Crippen LogP contribution in [0.2, 0.25) is 30.1 Å². The summed E-state index contributed by atoms with van der Waals surface area (Å²) >= 11 is 37.5. The van der Waals surface area contributed by atoms with E-state index in [9.17, 15) is 50.1 Å². The first-order valence-corrected chi connectivity index (χ1v) is 46.5. The summed E-state index contributed by atoms with van der Waals surface area (Å²) in [6.45, 7) is 6.31. The Labute approximate surface area is 867 Å². The Bertz CT molecular complexity index is 7690. The molecule has 0 aliphatic heterocycles. The van der Waals surface area contributed by atoms with E-state index in [1.165, 1.54) is 123 Å². The van der Waals surface area contributed by atoms with Crippen molar-refractivity contribution in [2.75, 3.05) is 28.4 Å². The molecule has 0 fully saturated rings. The highest BCUT2D eigenvalue weighted by Crippen LogP contribution is 2.46. The molecule has 745 valence electrons. The second-order valence-corrected chi connectivity index (χ2v) is 36.3. The predicted molar refractivity (Wildman–Crippen MR) is 574 cm³/mol. The molecule has 16 aromatic carbocycles. The molecule has 0 saturated carbocycles. The van der Waals surface area contributed by atoms with Gasteiger partial charge in [0.05, 0.1) is 66.0 Å². The van der Waals surface area contributed by atoms with Crippen molar-refractivity contribution in [2.45, 2.75) is 66.7 Å².